The summed E-state index contributed by atoms with van der Waals surface area (Å²) in [5.74, 6) is 0.753. The summed E-state index contributed by atoms with van der Waals surface area (Å²) in [6.45, 7) is 9.12. The van der Waals surface area contributed by atoms with Gasteiger partial charge in [-0.2, -0.15) is 9.97 Å². The Morgan fingerprint density at radius 2 is 1.70 bits per heavy atom. The number of pyridine rings is 1. The average Bonchev–Trinajstić information content (AvgIpc) is 3.07. The molecule has 6 aromatic rings. The Morgan fingerprint density at radius 1 is 0.915 bits per heavy atom. The highest BCUT2D eigenvalue weighted by Crippen LogP contribution is 2.44. The number of imidazole rings is 1. The first-order chi connectivity index (χ1) is 39.5. The summed E-state index contributed by atoms with van der Waals surface area (Å²) < 4.78 is 60.5. The van der Waals surface area contributed by atoms with Gasteiger partial charge in [-0.3, -0.25) is 38.8 Å². The summed E-state index contributed by atoms with van der Waals surface area (Å²) in [5, 5.41) is 3.72. The number of imide groups is 1. The van der Waals surface area contributed by atoms with E-state index in [9.17, 15) is 24.0 Å². The van der Waals surface area contributed by atoms with E-state index in [1.54, 1.807) is 47.0 Å². The monoisotopic (exact) mass is 1120 g/mol. The highest BCUT2D eigenvalue weighted by atomic mass is 19.1. The van der Waals surface area contributed by atoms with Crippen LogP contribution in [0.5, 0.6) is 6.01 Å². The number of para-hydroxylation sites is 1. The van der Waals surface area contributed by atoms with E-state index in [4.69, 9.17) is 35.3 Å². The number of fused-ring (bicyclic) bond motifs is 6. The molecule has 82 heavy (non-hydrogen) atoms. The molecule has 3 unspecified atom stereocenters. The molecule has 3 aromatic heterocycles. The number of piperidine rings is 2. The van der Waals surface area contributed by atoms with Crippen LogP contribution in [-0.2, 0) is 37.3 Å². The normalized spacial score (nSPS) is 23.2. The molecule has 1 N–H and O–H groups in total. The molecule has 0 aliphatic carbocycles. The molecule has 6 aliphatic rings. The van der Waals surface area contributed by atoms with Crippen molar-refractivity contribution in [3.63, 3.8) is 0 Å². The number of carbonyl (C=O) groups excluding carboxylic acids is 4. The van der Waals surface area contributed by atoms with Gasteiger partial charge in [0.25, 0.3) is 0 Å². The van der Waals surface area contributed by atoms with Gasteiger partial charge in [-0.05, 0) is 121 Å². The second kappa shape index (κ2) is 21.9. The van der Waals surface area contributed by atoms with Crippen molar-refractivity contribution in [3.8, 4) is 29.6 Å². The molecule has 5 atom stereocenters. The summed E-state index contributed by atoms with van der Waals surface area (Å²) >= 11 is 0. The summed E-state index contributed by atoms with van der Waals surface area (Å²) in [4.78, 5) is 87.4. The third-order valence-corrected chi connectivity index (χ3v) is 17.7. The standard InChI is InChI=1S/C61H68F2N10O9/c1-6-42-45(62)19-16-36-11-7-14-43(49(36)42)51-50(63)52-44(31-64-51)54(70-32-38-17-18-39(33-70)72(38)59(78)82-60(2,3)4)67-56(66-52)81-35-61-25-10-27-71(61)40(22-26-61)34-80-58(77)69-28-23-41(24-29-69)79-30-9-13-37-12-8-15-46-53(37)68(5)57(76)73(46)47-20-21-48(74)65-55(47)75/h1,7-8,11-12,14-16,19,31,38-41,47H,9-10,13,17-18,20-30,32-35H2,2-5H3,(H,65,74,75)/t38?,39?,40-,47?,61-/m0/s1. The molecule has 9 heterocycles. The molecular formula is C61H68F2N10O9. The fourth-order valence-electron chi connectivity index (χ4n) is 13.8. The molecule has 19 nitrogen and oxygen atoms in total. The third-order valence-electron chi connectivity index (χ3n) is 17.7. The Kier molecular flexibility index (Phi) is 14.6. The lowest BCUT2D eigenvalue weighted by atomic mass is 9.95. The van der Waals surface area contributed by atoms with E-state index in [0.717, 1.165) is 56.1 Å². The average molecular weight is 1120 g/mol. The molecule has 430 valence electrons. The van der Waals surface area contributed by atoms with Gasteiger partial charge < -0.3 is 28.7 Å². The Bertz CT molecular complexity index is 3630. The molecule has 0 saturated carbocycles. The Morgan fingerprint density at radius 3 is 2.45 bits per heavy atom. The van der Waals surface area contributed by atoms with Crippen LogP contribution in [0.1, 0.15) is 109 Å². The number of ether oxygens (including phenoxy) is 4. The van der Waals surface area contributed by atoms with E-state index in [0.29, 0.717) is 91.5 Å². The van der Waals surface area contributed by atoms with E-state index in [2.05, 4.69) is 26.0 Å². The van der Waals surface area contributed by atoms with Crippen molar-refractivity contribution in [1.29, 1.82) is 0 Å². The minimum absolute atomic E-state index is 0.00691. The number of piperazine rings is 1. The van der Waals surface area contributed by atoms with Crippen molar-refractivity contribution >= 4 is 62.5 Å². The number of likely N-dealkylation sites (tertiary alicyclic amines) is 1. The number of anilines is 1. The molecule has 12 rings (SSSR count). The maximum absolute atomic E-state index is 17.5. The number of amides is 4. The number of halogens is 2. The highest BCUT2D eigenvalue weighted by Gasteiger charge is 2.51. The summed E-state index contributed by atoms with van der Waals surface area (Å²) in [5.41, 5.74) is 1.30. The Balaban J connectivity index is 0.691. The zero-order valence-corrected chi connectivity index (χ0v) is 46.8. The van der Waals surface area contributed by atoms with Crippen LogP contribution < -0.4 is 20.6 Å². The number of aryl methyl sites for hydroxylation is 2. The minimum atomic E-state index is -0.748. The number of aromatic nitrogens is 5. The molecule has 2 bridgehead atoms. The van der Waals surface area contributed by atoms with Gasteiger partial charge in [0.05, 0.1) is 45.7 Å². The molecule has 6 aliphatic heterocycles. The van der Waals surface area contributed by atoms with E-state index >= 15 is 8.78 Å². The van der Waals surface area contributed by atoms with Crippen molar-refractivity contribution in [2.45, 2.75) is 139 Å². The van der Waals surface area contributed by atoms with Crippen LogP contribution >= 0.6 is 0 Å². The molecule has 21 heteroatoms. The number of rotatable bonds is 13. The summed E-state index contributed by atoms with van der Waals surface area (Å²) in [6, 6.07) is 12.7. The first-order valence-corrected chi connectivity index (χ1v) is 28.7. The lowest BCUT2D eigenvalue weighted by molar-refractivity contribution is -0.135. The smallest absolute Gasteiger partial charge is 0.410 e. The van der Waals surface area contributed by atoms with Crippen LogP contribution in [0.2, 0.25) is 0 Å². The minimum Gasteiger partial charge on any atom is -0.461 e. The van der Waals surface area contributed by atoms with Crippen molar-refractivity contribution in [2.75, 3.05) is 57.4 Å². The quantitative estimate of drug-likeness (QED) is 0.0665. The molecule has 4 amide bonds. The number of terminal acetylenes is 1. The highest BCUT2D eigenvalue weighted by molar-refractivity contribution is 6.02. The summed E-state index contributed by atoms with van der Waals surface area (Å²) in [6.07, 6.45) is 14.7. The van der Waals surface area contributed by atoms with Gasteiger partial charge in [-0.25, -0.2) is 23.2 Å². The largest absolute Gasteiger partial charge is 0.461 e. The zero-order chi connectivity index (χ0) is 57.2. The van der Waals surface area contributed by atoms with E-state index < -0.39 is 34.7 Å². The van der Waals surface area contributed by atoms with E-state index in [1.807, 2.05) is 43.9 Å². The number of carbonyl (C=O) groups is 4. The lowest BCUT2D eigenvalue weighted by Crippen LogP contribution is -2.57. The van der Waals surface area contributed by atoms with E-state index in [1.165, 1.54) is 10.6 Å². The molecule has 0 spiro atoms. The predicted molar refractivity (Wildman–Crippen MR) is 301 cm³/mol. The fraction of sp³-hybridized carbons (Fsp3) is 0.508. The van der Waals surface area contributed by atoms with Crippen molar-refractivity contribution in [2.24, 2.45) is 7.05 Å². The first-order valence-electron chi connectivity index (χ1n) is 28.7. The second-order valence-corrected chi connectivity index (χ2v) is 23.9. The van der Waals surface area contributed by atoms with E-state index in [-0.39, 0.29) is 96.9 Å². The topological polar surface area (TPSA) is 196 Å². The van der Waals surface area contributed by atoms with Gasteiger partial charge in [-0.15, -0.1) is 6.42 Å². The molecule has 6 saturated heterocycles. The first kappa shape index (κ1) is 54.9. The zero-order valence-electron chi connectivity index (χ0n) is 46.8. The van der Waals surface area contributed by atoms with Crippen LogP contribution in [0.15, 0.2) is 59.5 Å². The van der Waals surface area contributed by atoms with Crippen molar-refractivity contribution in [1.82, 2.24) is 44.1 Å². The maximum Gasteiger partial charge on any atom is 0.410 e. The maximum atomic E-state index is 17.5. The van der Waals surface area contributed by atoms with Gasteiger partial charge in [0.2, 0.25) is 11.8 Å². The van der Waals surface area contributed by atoms with Gasteiger partial charge in [0.15, 0.2) is 5.82 Å². The SMILES string of the molecule is C#Cc1c(F)ccc2cccc(-c3ncc4c(N5CC6CCC(C5)N6C(=O)OC(C)(C)C)nc(OC[C@@]56CCCN5[C@H](COC(=O)N5CCC(OCCCc7cccc8c7n(C)c(=O)n8C7CCC(=O)NC7=O)CC5)CC6)nc4c3F)c12. The Hall–Kier alpha value is -7.70. The summed E-state index contributed by atoms with van der Waals surface area (Å²) in [7, 11) is 1.70. The fourth-order valence-corrected chi connectivity index (χ4v) is 13.8. The van der Waals surface area contributed by atoms with Crippen molar-refractivity contribution < 1.29 is 46.9 Å². The van der Waals surface area contributed by atoms with Gasteiger partial charge in [0, 0.05) is 69.4 Å². The van der Waals surface area contributed by atoms with Gasteiger partial charge >= 0.3 is 23.9 Å². The number of hydrogen-bond donors (Lipinski definition) is 1. The second-order valence-electron chi connectivity index (χ2n) is 23.9. The number of nitrogens with one attached hydrogen (secondary N) is 1. The van der Waals surface area contributed by atoms with Gasteiger partial charge in [0.1, 0.15) is 47.7 Å². The molecular weight excluding hydrogens is 1050 g/mol. The molecule has 0 radical (unpaired) electrons. The lowest BCUT2D eigenvalue weighted by Gasteiger charge is -2.42. The predicted octanol–water partition coefficient (Wildman–Crippen LogP) is 7.95. The third kappa shape index (κ3) is 10.1. The molecule has 3 aromatic carbocycles. The van der Waals surface area contributed by atoms with Crippen molar-refractivity contribution in [3.05, 3.63) is 88.0 Å². The van der Waals surface area contributed by atoms with Crippen LogP contribution in [0, 0.1) is 24.0 Å². The van der Waals surface area contributed by atoms with Crippen LogP contribution in [0.3, 0.4) is 0 Å². The van der Waals surface area contributed by atoms with Gasteiger partial charge in [-0.1, -0.05) is 42.3 Å². The van der Waals surface area contributed by atoms with Crippen LogP contribution in [0.4, 0.5) is 24.2 Å². The number of hydrogen-bond acceptors (Lipinski definition) is 14. The van der Waals surface area contributed by atoms with Crippen LogP contribution in [0.25, 0.3) is 44.0 Å². The number of benzene rings is 3. The Labute approximate surface area is 473 Å². The number of nitrogens with zero attached hydrogens (tertiary/aromatic N) is 9. The molecule has 6 fully saturated rings. The van der Waals surface area contributed by atoms with Crippen LogP contribution in [-0.4, -0.2) is 151 Å².